The Labute approximate surface area is 163 Å². The van der Waals surface area contributed by atoms with Crippen LogP contribution in [-0.4, -0.2) is 31.0 Å². The highest BCUT2D eigenvalue weighted by atomic mass is 19.1. The van der Waals surface area contributed by atoms with Gasteiger partial charge < -0.3 is 10.1 Å². The van der Waals surface area contributed by atoms with Crippen LogP contribution in [0.4, 0.5) is 14.5 Å². The molecule has 1 amide bonds. The van der Waals surface area contributed by atoms with Crippen LogP contribution in [-0.2, 0) is 11.3 Å². The first kappa shape index (κ1) is 18.9. The molecule has 6 heteroatoms. The predicted molar refractivity (Wildman–Crippen MR) is 103 cm³/mol. The lowest BCUT2D eigenvalue weighted by atomic mass is 9.90. The zero-order chi connectivity index (χ0) is 19.7. The Morgan fingerprint density at radius 1 is 1.14 bits per heavy atom. The van der Waals surface area contributed by atoms with E-state index in [0.717, 1.165) is 32.4 Å². The summed E-state index contributed by atoms with van der Waals surface area (Å²) in [6.07, 6.45) is 2.61. The fourth-order valence-electron chi connectivity index (χ4n) is 4.30. The number of anilines is 1. The average Bonchev–Trinajstić information content (AvgIpc) is 3.40. The molecule has 28 heavy (non-hydrogen) atoms. The minimum atomic E-state index is -0.499. The van der Waals surface area contributed by atoms with Gasteiger partial charge >= 0.3 is 0 Å². The summed E-state index contributed by atoms with van der Waals surface area (Å²) in [5.74, 6) is -0.336. The third-order valence-corrected chi connectivity index (χ3v) is 6.17. The summed E-state index contributed by atoms with van der Waals surface area (Å²) in [4.78, 5) is 14.8. The lowest BCUT2D eigenvalue weighted by Crippen LogP contribution is -2.36. The number of nitrogens with zero attached hydrogens (tertiary/aromatic N) is 1. The van der Waals surface area contributed by atoms with Gasteiger partial charge in [0.05, 0.1) is 12.8 Å². The summed E-state index contributed by atoms with van der Waals surface area (Å²) in [5, 5.41) is 2.98. The van der Waals surface area contributed by atoms with Gasteiger partial charge in [0.15, 0.2) is 0 Å². The summed E-state index contributed by atoms with van der Waals surface area (Å²) in [6.45, 7) is 1.76. The maximum absolute atomic E-state index is 13.9. The molecule has 0 bridgehead atoms. The summed E-state index contributed by atoms with van der Waals surface area (Å²) in [6, 6.07) is 11.3. The number of hydrogen-bond donors (Lipinski definition) is 1. The lowest BCUT2D eigenvalue weighted by molar-refractivity contribution is -0.118. The number of carbonyl (C=O) groups excluding carboxylic acids is 1. The summed E-state index contributed by atoms with van der Waals surface area (Å²) >= 11 is 0. The summed E-state index contributed by atoms with van der Waals surface area (Å²) in [7, 11) is 1.58. The van der Waals surface area contributed by atoms with Crippen molar-refractivity contribution in [2.45, 2.75) is 25.8 Å². The number of methoxy groups -OCH3 is 1. The molecule has 1 unspecified atom stereocenters. The van der Waals surface area contributed by atoms with Crippen LogP contribution in [0.25, 0.3) is 0 Å². The highest BCUT2D eigenvalue weighted by Gasteiger charge is 2.58. The van der Waals surface area contributed by atoms with E-state index in [9.17, 15) is 13.6 Å². The number of likely N-dealkylation sites (tertiary alicyclic amines) is 1. The van der Waals surface area contributed by atoms with Crippen LogP contribution in [0.1, 0.15) is 24.8 Å². The molecule has 2 aromatic rings. The van der Waals surface area contributed by atoms with E-state index in [0.29, 0.717) is 11.4 Å². The van der Waals surface area contributed by atoms with Gasteiger partial charge in [-0.2, -0.15) is 0 Å². The first-order valence-electron chi connectivity index (χ1n) is 9.61. The Kier molecular flexibility index (Phi) is 5.06. The molecule has 2 aliphatic rings. The molecule has 1 atom stereocenters. The van der Waals surface area contributed by atoms with Gasteiger partial charge in [-0.1, -0.05) is 18.2 Å². The highest BCUT2D eigenvalue weighted by Crippen LogP contribution is 2.59. The highest BCUT2D eigenvalue weighted by molar-refractivity contribution is 5.96. The molecule has 2 aromatic carbocycles. The number of piperidine rings is 1. The second-order valence-electron chi connectivity index (χ2n) is 7.78. The lowest BCUT2D eigenvalue weighted by Gasteiger charge is -2.33. The quantitative estimate of drug-likeness (QED) is 0.837. The molecule has 1 N–H and O–H groups in total. The van der Waals surface area contributed by atoms with Crippen molar-refractivity contribution in [3.63, 3.8) is 0 Å². The maximum atomic E-state index is 13.9. The number of carbonyl (C=O) groups is 1. The van der Waals surface area contributed by atoms with Crippen LogP contribution < -0.4 is 10.1 Å². The van der Waals surface area contributed by atoms with E-state index in [-0.39, 0.29) is 29.3 Å². The summed E-state index contributed by atoms with van der Waals surface area (Å²) in [5.41, 5.74) is 0.834. The van der Waals surface area contributed by atoms with Crippen molar-refractivity contribution in [2.75, 3.05) is 25.5 Å². The van der Waals surface area contributed by atoms with Crippen molar-refractivity contribution < 1.29 is 18.3 Å². The number of hydrogen-bond acceptors (Lipinski definition) is 3. The second kappa shape index (κ2) is 7.51. The first-order valence-corrected chi connectivity index (χ1v) is 9.61. The SMILES string of the molecule is COc1ccccc1NC(=O)C1CC12CCN(Cc1c(F)cccc1F)CC2. The molecule has 1 heterocycles. The number of amides is 1. The molecular weight excluding hydrogens is 362 g/mol. The monoisotopic (exact) mass is 386 g/mol. The Bertz CT molecular complexity index is 858. The fourth-order valence-corrected chi connectivity index (χ4v) is 4.30. The van der Waals surface area contributed by atoms with Crippen LogP contribution in [0.15, 0.2) is 42.5 Å². The van der Waals surface area contributed by atoms with Gasteiger partial charge in [-0.25, -0.2) is 8.78 Å². The van der Waals surface area contributed by atoms with E-state index in [1.807, 2.05) is 24.3 Å². The minimum absolute atomic E-state index is 0.00948. The van der Waals surface area contributed by atoms with Crippen LogP contribution in [0.5, 0.6) is 5.75 Å². The molecule has 2 fully saturated rings. The number of para-hydroxylation sites is 2. The molecule has 1 aliphatic heterocycles. The number of nitrogens with one attached hydrogen (secondary N) is 1. The zero-order valence-electron chi connectivity index (χ0n) is 15.9. The Morgan fingerprint density at radius 3 is 2.50 bits per heavy atom. The van der Waals surface area contributed by atoms with Crippen molar-refractivity contribution in [3.05, 3.63) is 59.7 Å². The van der Waals surface area contributed by atoms with Crippen LogP contribution in [0, 0.1) is 23.0 Å². The van der Waals surface area contributed by atoms with Crippen molar-refractivity contribution in [2.24, 2.45) is 11.3 Å². The van der Waals surface area contributed by atoms with Crippen molar-refractivity contribution in [3.8, 4) is 5.75 Å². The topological polar surface area (TPSA) is 41.6 Å². The molecule has 4 nitrogen and oxygen atoms in total. The van der Waals surface area contributed by atoms with E-state index in [4.69, 9.17) is 4.74 Å². The molecule has 4 rings (SSSR count). The second-order valence-corrected chi connectivity index (χ2v) is 7.78. The van der Waals surface area contributed by atoms with Crippen molar-refractivity contribution in [1.82, 2.24) is 4.90 Å². The molecule has 1 spiro atoms. The Balaban J connectivity index is 1.34. The van der Waals surface area contributed by atoms with Crippen LogP contribution >= 0.6 is 0 Å². The molecule has 1 saturated heterocycles. The number of ether oxygens (including phenoxy) is 1. The minimum Gasteiger partial charge on any atom is -0.495 e. The average molecular weight is 386 g/mol. The van der Waals surface area contributed by atoms with E-state index in [2.05, 4.69) is 10.2 Å². The van der Waals surface area contributed by atoms with Gasteiger partial charge in [-0.3, -0.25) is 9.69 Å². The molecule has 0 aromatic heterocycles. The Morgan fingerprint density at radius 2 is 1.82 bits per heavy atom. The predicted octanol–water partition coefficient (Wildman–Crippen LogP) is 4.21. The first-order chi connectivity index (χ1) is 13.5. The van der Waals surface area contributed by atoms with Gasteiger partial charge in [0, 0.05) is 18.0 Å². The molecule has 0 radical (unpaired) electrons. The molecular formula is C22H24F2N2O2. The maximum Gasteiger partial charge on any atom is 0.228 e. The largest absolute Gasteiger partial charge is 0.495 e. The van der Waals surface area contributed by atoms with Gasteiger partial charge in [0.2, 0.25) is 5.91 Å². The van der Waals surface area contributed by atoms with Gasteiger partial charge in [0.25, 0.3) is 0 Å². The van der Waals surface area contributed by atoms with Crippen molar-refractivity contribution >= 4 is 11.6 Å². The number of rotatable bonds is 5. The van der Waals surface area contributed by atoms with Crippen LogP contribution in [0.2, 0.25) is 0 Å². The molecule has 1 aliphatic carbocycles. The molecule has 148 valence electrons. The Hall–Kier alpha value is -2.47. The summed E-state index contributed by atoms with van der Waals surface area (Å²) < 4.78 is 33.0. The van der Waals surface area contributed by atoms with Gasteiger partial charge in [-0.15, -0.1) is 0 Å². The van der Waals surface area contributed by atoms with E-state index < -0.39 is 11.6 Å². The van der Waals surface area contributed by atoms with E-state index in [1.54, 1.807) is 7.11 Å². The normalized spacial score (nSPS) is 20.8. The zero-order valence-corrected chi connectivity index (χ0v) is 15.9. The van der Waals surface area contributed by atoms with E-state index >= 15 is 0 Å². The van der Waals surface area contributed by atoms with Gasteiger partial charge in [-0.05, 0) is 62.0 Å². The van der Waals surface area contributed by atoms with Gasteiger partial charge in [0.1, 0.15) is 17.4 Å². The standard InChI is InChI=1S/C22H24F2N2O2/c1-28-20-8-3-2-7-19(20)25-21(27)16-13-22(16)9-11-26(12-10-22)14-15-17(23)5-4-6-18(15)24/h2-8,16H,9-14H2,1H3,(H,25,27). The number of halogens is 2. The van der Waals surface area contributed by atoms with E-state index in [1.165, 1.54) is 18.2 Å². The third kappa shape index (κ3) is 3.61. The fraction of sp³-hybridized carbons (Fsp3) is 0.409. The smallest absolute Gasteiger partial charge is 0.228 e. The number of benzene rings is 2. The van der Waals surface area contributed by atoms with Crippen LogP contribution in [0.3, 0.4) is 0 Å². The third-order valence-electron chi connectivity index (χ3n) is 6.17. The van der Waals surface area contributed by atoms with Crippen molar-refractivity contribution in [1.29, 1.82) is 0 Å². The molecule has 1 saturated carbocycles.